The number of amides is 1. The Morgan fingerprint density at radius 3 is 2.39 bits per heavy atom. The molecule has 1 N–H and O–H groups in total. The van der Waals surface area contributed by atoms with Crippen LogP contribution in [0.4, 0.5) is 5.69 Å². The van der Waals surface area contributed by atoms with Crippen molar-refractivity contribution in [3.8, 4) is 11.5 Å². The highest BCUT2D eigenvalue weighted by Gasteiger charge is 2.67. The predicted octanol–water partition coefficient (Wildman–Crippen LogP) is 6.37. The number of rotatable bonds is 5. The summed E-state index contributed by atoms with van der Waals surface area (Å²) in [6.45, 7) is 1.78. The number of carbonyl (C=O) groups is 1. The second-order valence-corrected chi connectivity index (χ2v) is 11.0. The van der Waals surface area contributed by atoms with Crippen LogP contribution in [0.5, 0.6) is 11.5 Å². The van der Waals surface area contributed by atoms with Gasteiger partial charge in [-0.2, -0.15) is 0 Å². The number of methoxy groups -OCH3 is 2. The van der Waals surface area contributed by atoms with E-state index >= 15 is 0 Å². The van der Waals surface area contributed by atoms with Gasteiger partial charge in [-0.3, -0.25) is 4.79 Å². The number of nitrogens with one attached hydrogen (secondary N) is 1. The molecular formula is C26H29Cl2NO4. The van der Waals surface area contributed by atoms with Gasteiger partial charge in [-0.1, -0.05) is 25.0 Å². The summed E-state index contributed by atoms with van der Waals surface area (Å²) in [5.41, 5.74) is 3.05. The Bertz CT molecular complexity index is 1090. The fraction of sp³-hybridized carbons (Fsp3) is 0.500. The highest BCUT2D eigenvalue weighted by molar-refractivity contribution is 6.53. The van der Waals surface area contributed by atoms with Gasteiger partial charge in [0.15, 0.2) is 0 Å². The van der Waals surface area contributed by atoms with E-state index in [-0.39, 0.29) is 24.0 Å². The van der Waals surface area contributed by atoms with Gasteiger partial charge in [-0.05, 0) is 56.0 Å². The molecule has 1 amide bonds. The fourth-order valence-corrected chi connectivity index (χ4v) is 6.08. The number of fused-ring (bicyclic) bond motifs is 3. The molecule has 2 aromatic rings. The van der Waals surface area contributed by atoms with Gasteiger partial charge >= 0.3 is 0 Å². The molecule has 5 nitrogen and oxygen atoms in total. The van der Waals surface area contributed by atoms with E-state index in [1.807, 2.05) is 36.4 Å². The lowest BCUT2D eigenvalue weighted by Crippen LogP contribution is -2.34. The van der Waals surface area contributed by atoms with Crippen molar-refractivity contribution in [1.82, 2.24) is 0 Å². The fourth-order valence-electron chi connectivity index (χ4n) is 5.38. The van der Waals surface area contributed by atoms with Gasteiger partial charge in [0.25, 0.3) is 0 Å². The third kappa shape index (κ3) is 3.78. The molecule has 0 spiro atoms. The highest BCUT2D eigenvalue weighted by Crippen LogP contribution is 2.64. The summed E-state index contributed by atoms with van der Waals surface area (Å²) < 4.78 is 17.3. The van der Waals surface area contributed by atoms with Crippen LogP contribution in [0, 0.1) is 5.41 Å². The van der Waals surface area contributed by atoms with Gasteiger partial charge < -0.3 is 19.5 Å². The number of halogens is 2. The third-order valence-corrected chi connectivity index (χ3v) is 8.60. The molecule has 33 heavy (non-hydrogen) atoms. The van der Waals surface area contributed by atoms with E-state index in [9.17, 15) is 4.79 Å². The molecular weight excluding hydrogens is 461 g/mol. The van der Waals surface area contributed by atoms with E-state index in [0.717, 1.165) is 41.9 Å². The summed E-state index contributed by atoms with van der Waals surface area (Å²) >= 11 is 12.4. The second-order valence-electron chi connectivity index (χ2n) is 9.54. The molecule has 0 radical (unpaired) electrons. The van der Waals surface area contributed by atoms with Gasteiger partial charge in [0.2, 0.25) is 5.91 Å². The van der Waals surface area contributed by atoms with Crippen molar-refractivity contribution in [2.24, 2.45) is 5.41 Å². The Kier molecular flexibility index (Phi) is 5.79. The minimum absolute atomic E-state index is 0.119. The molecule has 3 aliphatic rings. The SMILES string of the molecule is COc1ccc(OC)c2c1[C@H](c1cccc(NC(=O)[C@]3(C)CC3(Cl)Cl)c1)O[C@H]1CCCC[C@H]21. The number of hydrogen-bond donors (Lipinski definition) is 1. The first-order valence-electron chi connectivity index (χ1n) is 11.5. The van der Waals surface area contributed by atoms with Crippen molar-refractivity contribution >= 4 is 34.8 Å². The zero-order valence-corrected chi connectivity index (χ0v) is 20.6. The van der Waals surface area contributed by atoms with E-state index in [2.05, 4.69) is 5.32 Å². The number of ether oxygens (including phenoxy) is 3. The third-order valence-electron chi connectivity index (χ3n) is 7.50. The van der Waals surface area contributed by atoms with E-state index in [4.69, 9.17) is 37.4 Å². The Labute approximate surface area is 204 Å². The summed E-state index contributed by atoms with van der Waals surface area (Å²) in [6.07, 6.45) is 4.66. The van der Waals surface area contributed by atoms with Crippen LogP contribution in [-0.2, 0) is 9.53 Å². The Morgan fingerprint density at radius 2 is 1.73 bits per heavy atom. The molecule has 2 aliphatic carbocycles. The van der Waals surface area contributed by atoms with Gasteiger partial charge in [-0.15, -0.1) is 23.2 Å². The molecule has 2 saturated carbocycles. The number of hydrogen-bond acceptors (Lipinski definition) is 4. The number of alkyl halides is 2. The van der Waals surface area contributed by atoms with Gasteiger partial charge in [0.1, 0.15) is 21.9 Å². The van der Waals surface area contributed by atoms with Crippen molar-refractivity contribution in [3.63, 3.8) is 0 Å². The van der Waals surface area contributed by atoms with E-state index < -0.39 is 9.75 Å². The molecule has 0 saturated heterocycles. The molecule has 1 aliphatic heterocycles. The average Bonchev–Trinajstić information content (AvgIpc) is 3.36. The maximum Gasteiger partial charge on any atom is 0.233 e. The molecule has 2 fully saturated rings. The lowest BCUT2D eigenvalue weighted by Gasteiger charge is -2.42. The topological polar surface area (TPSA) is 56.8 Å². The van der Waals surface area contributed by atoms with Crippen molar-refractivity contribution in [2.75, 3.05) is 19.5 Å². The number of benzene rings is 2. The van der Waals surface area contributed by atoms with Gasteiger partial charge in [0.05, 0.1) is 25.7 Å². The Morgan fingerprint density at radius 1 is 1.06 bits per heavy atom. The maximum absolute atomic E-state index is 12.8. The van der Waals surface area contributed by atoms with Crippen LogP contribution in [-0.4, -0.2) is 30.6 Å². The lowest BCUT2D eigenvalue weighted by molar-refractivity contribution is -0.120. The molecule has 2 aromatic carbocycles. The molecule has 0 bridgehead atoms. The summed E-state index contributed by atoms with van der Waals surface area (Å²) in [6, 6.07) is 11.7. The first-order chi connectivity index (χ1) is 15.8. The van der Waals surface area contributed by atoms with E-state index in [1.165, 1.54) is 12.0 Å². The molecule has 5 rings (SSSR count). The summed E-state index contributed by atoms with van der Waals surface area (Å²) in [4.78, 5) is 12.8. The van der Waals surface area contributed by atoms with Crippen LogP contribution < -0.4 is 14.8 Å². The van der Waals surface area contributed by atoms with Crippen molar-refractivity contribution in [1.29, 1.82) is 0 Å². The highest BCUT2D eigenvalue weighted by atomic mass is 35.5. The quantitative estimate of drug-likeness (QED) is 0.495. The molecule has 7 heteroatoms. The largest absolute Gasteiger partial charge is 0.496 e. The van der Waals surface area contributed by atoms with Crippen LogP contribution in [0.1, 0.15) is 67.7 Å². The molecule has 176 valence electrons. The molecule has 0 aromatic heterocycles. The summed E-state index contributed by atoms with van der Waals surface area (Å²) in [7, 11) is 3.40. The van der Waals surface area contributed by atoms with Crippen LogP contribution in [0.3, 0.4) is 0 Å². The van der Waals surface area contributed by atoms with Crippen molar-refractivity contribution in [2.45, 2.75) is 61.5 Å². The van der Waals surface area contributed by atoms with E-state index in [0.29, 0.717) is 12.1 Å². The molecule has 0 unspecified atom stereocenters. The summed E-state index contributed by atoms with van der Waals surface area (Å²) in [5.74, 6) is 1.77. The first kappa shape index (κ1) is 22.8. The lowest BCUT2D eigenvalue weighted by atomic mass is 9.75. The minimum atomic E-state index is -1.01. The number of anilines is 1. The van der Waals surface area contributed by atoms with Crippen LogP contribution >= 0.6 is 23.2 Å². The monoisotopic (exact) mass is 489 g/mol. The molecule has 4 atom stereocenters. The second kappa shape index (κ2) is 8.37. The van der Waals surface area contributed by atoms with Crippen LogP contribution in [0.25, 0.3) is 0 Å². The maximum atomic E-state index is 12.8. The van der Waals surface area contributed by atoms with Crippen LogP contribution in [0.2, 0.25) is 0 Å². The Hall–Kier alpha value is -1.95. The van der Waals surface area contributed by atoms with Gasteiger partial charge in [0, 0.05) is 22.7 Å². The normalized spacial score (nSPS) is 29.4. The smallest absolute Gasteiger partial charge is 0.233 e. The average molecular weight is 490 g/mol. The summed E-state index contributed by atoms with van der Waals surface area (Å²) in [5, 5.41) is 2.99. The minimum Gasteiger partial charge on any atom is -0.496 e. The van der Waals surface area contributed by atoms with Crippen molar-refractivity contribution in [3.05, 3.63) is 53.1 Å². The Balaban J connectivity index is 1.54. The zero-order chi connectivity index (χ0) is 23.4. The number of carbonyl (C=O) groups excluding carboxylic acids is 1. The predicted molar refractivity (Wildman–Crippen MR) is 130 cm³/mol. The van der Waals surface area contributed by atoms with Crippen molar-refractivity contribution < 1.29 is 19.0 Å². The van der Waals surface area contributed by atoms with E-state index in [1.54, 1.807) is 21.1 Å². The first-order valence-corrected chi connectivity index (χ1v) is 12.2. The van der Waals surface area contributed by atoms with Gasteiger partial charge in [-0.25, -0.2) is 0 Å². The zero-order valence-electron chi connectivity index (χ0n) is 19.1. The van der Waals surface area contributed by atoms with Crippen LogP contribution in [0.15, 0.2) is 36.4 Å². The molecule has 1 heterocycles. The standard InChI is InChI=1S/C26H29Cl2NO4/c1-25(14-26(25,27)28)24(30)29-16-8-6-7-15(13-16)23-22-20(32-3)12-11-19(31-2)21(22)17-9-4-5-10-18(17)33-23/h6-8,11-13,17-18,23H,4-5,9-10,14H2,1-3H3,(H,29,30)/t17-,18-,23-,25-/m0/s1.